The smallest absolute Gasteiger partial charge is 0.422 e. The summed E-state index contributed by atoms with van der Waals surface area (Å²) in [6.07, 6.45) is -3.94. The van der Waals surface area contributed by atoms with Gasteiger partial charge in [0.05, 0.1) is 7.11 Å². The van der Waals surface area contributed by atoms with E-state index in [0.717, 1.165) is 0 Å². The number of carbonyl (C=O) groups excluding carboxylic acids is 2. The summed E-state index contributed by atoms with van der Waals surface area (Å²) in [7, 11) is 1.33. The summed E-state index contributed by atoms with van der Waals surface area (Å²) in [6.45, 7) is -0.289. The molecule has 0 spiro atoms. The molecule has 0 unspecified atom stereocenters. The number of nitrogens with zero attached hydrogens (tertiary/aromatic N) is 1. The Bertz CT molecular complexity index is 950. The Morgan fingerprint density at radius 1 is 1.19 bits per heavy atom. The first-order valence-electron chi connectivity index (χ1n) is 9.57. The molecule has 0 radical (unpaired) electrons. The van der Waals surface area contributed by atoms with Gasteiger partial charge < -0.3 is 20.1 Å². The summed E-state index contributed by atoms with van der Waals surface area (Å²) in [5, 5.41) is 5.51. The van der Waals surface area contributed by atoms with Crippen LogP contribution in [0.3, 0.4) is 0 Å². The molecule has 1 fully saturated rings. The monoisotopic (exact) mass is 437 g/mol. The second-order valence-corrected chi connectivity index (χ2v) is 6.87. The van der Waals surface area contributed by atoms with Crippen LogP contribution in [0.1, 0.15) is 12.0 Å². The van der Waals surface area contributed by atoms with Crippen molar-refractivity contribution in [2.75, 3.05) is 37.0 Å². The fourth-order valence-corrected chi connectivity index (χ4v) is 3.10. The van der Waals surface area contributed by atoms with E-state index < -0.39 is 12.8 Å². The van der Waals surface area contributed by atoms with Gasteiger partial charge in [-0.3, -0.25) is 9.69 Å². The Balaban J connectivity index is 1.56. The van der Waals surface area contributed by atoms with Gasteiger partial charge in [0, 0.05) is 30.9 Å². The lowest BCUT2D eigenvalue weighted by atomic mass is 10.1. The Labute approximate surface area is 177 Å². The highest BCUT2D eigenvalue weighted by molar-refractivity contribution is 5.96. The van der Waals surface area contributed by atoms with Gasteiger partial charge in [-0.05, 0) is 42.3 Å². The molecule has 2 aromatic carbocycles. The summed E-state index contributed by atoms with van der Waals surface area (Å²) >= 11 is 0. The zero-order valence-electron chi connectivity index (χ0n) is 16.8. The molecule has 3 amide bonds. The van der Waals surface area contributed by atoms with E-state index in [-0.39, 0.29) is 29.9 Å². The summed E-state index contributed by atoms with van der Waals surface area (Å²) in [5.74, 6) is -0.0890. The van der Waals surface area contributed by atoms with Crippen LogP contribution in [0.25, 0.3) is 0 Å². The molecular formula is C21H22F3N3O4. The lowest BCUT2D eigenvalue weighted by Crippen LogP contribution is -2.27. The van der Waals surface area contributed by atoms with Crippen LogP contribution in [0, 0.1) is 0 Å². The highest BCUT2D eigenvalue weighted by atomic mass is 19.4. The topological polar surface area (TPSA) is 79.9 Å². The number of ether oxygens (including phenoxy) is 2. The number of nitrogens with one attached hydrogen (secondary N) is 2. The van der Waals surface area contributed by atoms with Crippen molar-refractivity contribution in [2.45, 2.75) is 19.0 Å². The molecule has 166 valence electrons. The third kappa shape index (κ3) is 6.27. The van der Waals surface area contributed by atoms with Gasteiger partial charge in [0.1, 0.15) is 0 Å². The third-order valence-electron chi connectivity index (χ3n) is 4.56. The minimum Gasteiger partial charge on any atom is -0.493 e. The average molecular weight is 437 g/mol. The Hall–Kier alpha value is -3.43. The predicted molar refractivity (Wildman–Crippen MR) is 109 cm³/mol. The average Bonchev–Trinajstić information content (AvgIpc) is 3.16. The van der Waals surface area contributed by atoms with Crippen molar-refractivity contribution in [2.24, 2.45) is 0 Å². The zero-order chi connectivity index (χ0) is 22.4. The predicted octanol–water partition coefficient (Wildman–Crippen LogP) is 3.74. The number of hydrogen-bond acceptors (Lipinski definition) is 4. The minimum absolute atomic E-state index is 0.0178. The van der Waals surface area contributed by atoms with Crippen LogP contribution < -0.4 is 25.0 Å². The van der Waals surface area contributed by atoms with Crippen molar-refractivity contribution < 1.29 is 32.2 Å². The normalized spacial score (nSPS) is 13.7. The number of hydrogen-bond donors (Lipinski definition) is 2. The van der Waals surface area contributed by atoms with E-state index >= 15 is 0 Å². The van der Waals surface area contributed by atoms with Gasteiger partial charge in [-0.1, -0.05) is 12.1 Å². The van der Waals surface area contributed by atoms with Crippen LogP contribution in [-0.2, 0) is 11.2 Å². The molecule has 0 aromatic heterocycles. The summed E-state index contributed by atoms with van der Waals surface area (Å²) < 4.78 is 46.9. The fourth-order valence-electron chi connectivity index (χ4n) is 3.10. The molecule has 0 saturated carbocycles. The number of urea groups is 1. The van der Waals surface area contributed by atoms with E-state index in [1.54, 1.807) is 41.3 Å². The number of alkyl halides is 3. The van der Waals surface area contributed by atoms with E-state index in [9.17, 15) is 22.8 Å². The number of amides is 3. The molecule has 10 heteroatoms. The van der Waals surface area contributed by atoms with Crippen LogP contribution in [0.2, 0.25) is 0 Å². The van der Waals surface area contributed by atoms with E-state index in [2.05, 4.69) is 10.6 Å². The fraction of sp³-hybridized carbons (Fsp3) is 0.333. The van der Waals surface area contributed by atoms with Crippen molar-refractivity contribution in [3.8, 4) is 11.5 Å². The van der Waals surface area contributed by atoms with E-state index in [1.165, 1.54) is 13.2 Å². The van der Waals surface area contributed by atoms with Crippen LogP contribution in [0.4, 0.5) is 29.3 Å². The summed E-state index contributed by atoms with van der Waals surface area (Å²) in [6, 6.07) is 11.3. The van der Waals surface area contributed by atoms with E-state index in [1.807, 2.05) is 0 Å². The van der Waals surface area contributed by atoms with E-state index in [0.29, 0.717) is 36.4 Å². The molecule has 1 aliphatic heterocycles. The van der Waals surface area contributed by atoms with Crippen LogP contribution >= 0.6 is 0 Å². The van der Waals surface area contributed by atoms with Gasteiger partial charge in [0.15, 0.2) is 18.1 Å². The summed E-state index contributed by atoms with van der Waals surface area (Å²) in [4.78, 5) is 25.7. The molecule has 31 heavy (non-hydrogen) atoms. The number of methoxy groups -OCH3 is 1. The third-order valence-corrected chi connectivity index (χ3v) is 4.56. The van der Waals surface area contributed by atoms with Crippen LogP contribution in [-0.4, -0.2) is 44.9 Å². The molecule has 1 saturated heterocycles. The van der Waals surface area contributed by atoms with Gasteiger partial charge in [0.2, 0.25) is 5.91 Å². The number of anilines is 2. The van der Waals surface area contributed by atoms with Crippen LogP contribution in [0.5, 0.6) is 11.5 Å². The molecule has 0 atom stereocenters. The number of rotatable bonds is 8. The quantitative estimate of drug-likeness (QED) is 0.660. The van der Waals surface area contributed by atoms with E-state index in [4.69, 9.17) is 9.47 Å². The molecule has 0 aliphatic carbocycles. The first kappa shape index (κ1) is 22.3. The number of halogens is 3. The lowest BCUT2D eigenvalue weighted by molar-refractivity contribution is -0.153. The van der Waals surface area contributed by atoms with Crippen molar-refractivity contribution >= 4 is 23.3 Å². The number of carbonyl (C=O) groups is 2. The highest BCUT2D eigenvalue weighted by Gasteiger charge is 2.29. The van der Waals surface area contributed by atoms with Gasteiger partial charge in [-0.15, -0.1) is 0 Å². The molecule has 1 heterocycles. The van der Waals surface area contributed by atoms with Crippen molar-refractivity contribution in [1.82, 2.24) is 5.32 Å². The molecule has 2 N–H and O–H groups in total. The molecule has 0 bridgehead atoms. The largest absolute Gasteiger partial charge is 0.493 e. The maximum absolute atomic E-state index is 12.3. The number of aryl methyl sites for hydroxylation is 1. The van der Waals surface area contributed by atoms with Gasteiger partial charge in [-0.2, -0.15) is 13.2 Å². The van der Waals surface area contributed by atoms with Crippen LogP contribution in [0.15, 0.2) is 42.5 Å². The Kier molecular flexibility index (Phi) is 6.88. The first-order valence-corrected chi connectivity index (χ1v) is 9.57. The second kappa shape index (κ2) is 9.59. The van der Waals surface area contributed by atoms with Gasteiger partial charge >= 0.3 is 12.2 Å². The van der Waals surface area contributed by atoms with Crippen molar-refractivity contribution in [1.29, 1.82) is 0 Å². The minimum atomic E-state index is -4.45. The standard InChI is InChI=1S/C21H22F3N3O4/c1-30-18-11-14(5-7-17(18)31-13-21(22,23)24)6-8-19(28)26-15-3-2-4-16(12-15)27-10-9-25-20(27)29/h2-5,7,11-12H,6,8-10,13H2,1H3,(H,25,29)(H,26,28). The molecule has 3 rings (SSSR count). The maximum Gasteiger partial charge on any atom is 0.422 e. The number of benzene rings is 2. The SMILES string of the molecule is COc1cc(CCC(=O)Nc2cccc(N3CCNC3=O)c2)ccc1OCC(F)(F)F. The van der Waals surface area contributed by atoms with Gasteiger partial charge in [0.25, 0.3) is 0 Å². The Morgan fingerprint density at radius 2 is 2.00 bits per heavy atom. The second-order valence-electron chi connectivity index (χ2n) is 6.87. The Morgan fingerprint density at radius 3 is 2.68 bits per heavy atom. The van der Waals surface area contributed by atoms with Crippen molar-refractivity contribution in [3.05, 3.63) is 48.0 Å². The molecule has 7 nitrogen and oxygen atoms in total. The zero-order valence-corrected chi connectivity index (χ0v) is 16.8. The summed E-state index contributed by atoms with van der Waals surface area (Å²) in [5.41, 5.74) is 1.97. The molecule has 2 aromatic rings. The lowest BCUT2D eigenvalue weighted by Gasteiger charge is -2.15. The highest BCUT2D eigenvalue weighted by Crippen LogP contribution is 2.30. The first-order chi connectivity index (χ1) is 14.7. The molecule has 1 aliphatic rings. The molecular weight excluding hydrogens is 415 g/mol. The maximum atomic E-state index is 12.3. The van der Waals surface area contributed by atoms with Gasteiger partial charge in [-0.25, -0.2) is 4.79 Å². The van der Waals surface area contributed by atoms with Crippen molar-refractivity contribution in [3.63, 3.8) is 0 Å².